The van der Waals surface area contributed by atoms with E-state index < -0.39 is 0 Å². The van der Waals surface area contributed by atoms with Crippen molar-refractivity contribution in [3.05, 3.63) is 0 Å². The summed E-state index contributed by atoms with van der Waals surface area (Å²) in [5, 5.41) is 3.19. The van der Waals surface area contributed by atoms with Crippen molar-refractivity contribution in [2.45, 2.75) is 32.8 Å². The fourth-order valence-electron chi connectivity index (χ4n) is 1.60. The summed E-state index contributed by atoms with van der Waals surface area (Å²) in [6.07, 6.45) is 2.19. The van der Waals surface area contributed by atoms with E-state index in [2.05, 4.69) is 5.32 Å². The molecule has 0 saturated carbocycles. The van der Waals surface area contributed by atoms with E-state index >= 15 is 0 Å². The lowest BCUT2D eigenvalue weighted by atomic mass is 10.0. The first-order chi connectivity index (χ1) is 7.20. The Kier molecular flexibility index (Phi) is 5.65. The highest BCUT2D eigenvalue weighted by molar-refractivity contribution is 5.72. The Morgan fingerprint density at radius 2 is 2.27 bits per heavy atom. The van der Waals surface area contributed by atoms with E-state index in [-0.39, 0.29) is 18.0 Å². The van der Waals surface area contributed by atoms with Crippen LogP contribution in [0.15, 0.2) is 0 Å². The van der Waals surface area contributed by atoms with Gasteiger partial charge < -0.3 is 14.8 Å². The highest BCUT2D eigenvalue weighted by Gasteiger charge is 2.21. The molecule has 1 aliphatic rings. The van der Waals surface area contributed by atoms with Gasteiger partial charge in [0.2, 0.25) is 0 Å². The van der Waals surface area contributed by atoms with Crippen LogP contribution in [0.3, 0.4) is 0 Å². The van der Waals surface area contributed by atoms with Crippen LogP contribution >= 0.6 is 0 Å². The van der Waals surface area contributed by atoms with Crippen molar-refractivity contribution in [1.82, 2.24) is 5.32 Å². The molecule has 0 aromatic rings. The molecule has 15 heavy (non-hydrogen) atoms. The molecule has 0 aliphatic carbocycles. The summed E-state index contributed by atoms with van der Waals surface area (Å²) >= 11 is 0. The van der Waals surface area contributed by atoms with E-state index in [9.17, 15) is 4.79 Å². The van der Waals surface area contributed by atoms with Gasteiger partial charge >= 0.3 is 5.97 Å². The predicted molar refractivity (Wildman–Crippen MR) is 57.6 cm³/mol. The van der Waals surface area contributed by atoms with Crippen molar-refractivity contribution in [1.29, 1.82) is 0 Å². The summed E-state index contributed by atoms with van der Waals surface area (Å²) in [5.74, 6) is -0.0487. The molecule has 0 spiro atoms. The molecular weight excluding hydrogens is 194 g/mol. The Morgan fingerprint density at radius 3 is 2.87 bits per heavy atom. The van der Waals surface area contributed by atoms with E-state index in [1.807, 2.05) is 13.8 Å². The third kappa shape index (κ3) is 5.14. The number of esters is 1. The van der Waals surface area contributed by atoms with E-state index in [4.69, 9.17) is 9.47 Å². The monoisotopic (exact) mass is 215 g/mol. The molecule has 0 amide bonds. The lowest BCUT2D eigenvalue weighted by Gasteiger charge is -2.21. The van der Waals surface area contributed by atoms with Gasteiger partial charge in [-0.3, -0.25) is 4.79 Å². The average molecular weight is 215 g/mol. The number of nitrogens with one attached hydrogen (secondary N) is 1. The molecule has 0 bridgehead atoms. The first-order valence-corrected chi connectivity index (χ1v) is 5.69. The molecule has 1 atom stereocenters. The molecule has 1 rings (SSSR count). The minimum atomic E-state index is -0.0884. The molecule has 0 aromatic heterocycles. The number of carbonyl (C=O) groups excluding carboxylic acids is 1. The number of carbonyl (C=O) groups is 1. The van der Waals surface area contributed by atoms with Crippen LogP contribution in [0.2, 0.25) is 0 Å². The Bertz CT molecular complexity index is 188. The van der Waals surface area contributed by atoms with Crippen LogP contribution in [-0.2, 0) is 14.3 Å². The SMILES string of the molecule is CC(C)OCCOC(=O)C1CCCNC1. The molecular formula is C11H21NO3. The largest absolute Gasteiger partial charge is 0.463 e. The Balaban J connectivity index is 2.07. The molecule has 0 aromatic carbocycles. The smallest absolute Gasteiger partial charge is 0.310 e. The number of rotatable bonds is 5. The van der Waals surface area contributed by atoms with Gasteiger partial charge in [-0.1, -0.05) is 0 Å². The molecule has 1 fully saturated rings. The fraction of sp³-hybridized carbons (Fsp3) is 0.909. The standard InChI is InChI=1S/C11H21NO3/c1-9(2)14-6-7-15-11(13)10-4-3-5-12-8-10/h9-10,12H,3-8H2,1-2H3. The zero-order chi connectivity index (χ0) is 11.1. The minimum Gasteiger partial charge on any atom is -0.463 e. The molecule has 1 unspecified atom stereocenters. The van der Waals surface area contributed by atoms with Crippen LogP contribution in [0, 0.1) is 5.92 Å². The van der Waals surface area contributed by atoms with E-state index in [0.717, 1.165) is 25.9 Å². The highest BCUT2D eigenvalue weighted by Crippen LogP contribution is 2.11. The third-order valence-electron chi connectivity index (χ3n) is 2.41. The molecule has 1 aliphatic heterocycles. The molecule has 1 N–H and O–H groups in total. The van der Waals surface area contributed by atoms with Gasteiger partial charge in [0.15, 0.2) is 0 Å². The molecule has 4 heteroatoms. The Hall–Kier alpha value is -0.610. The third-order valence-corrected chi connectivity index (χ3v) is 2.41. The number of piperidine rings is 1. The van der Waals surface area contributed by atoms with Crippen molar-refractivity contribution < 1.29 is 14.3 Å². The van der Waals surface area contributed by atoms with E-state index in [1.165, 1.54) is 0 Å². The van der Waals surface area contributed by atoms with Crippen LogP contribution < -0.4 is 5.32 Å². The first kappa shape index (κ1) is 12.5. The minimum absolute atomic E-state index is 0.0396. The van der Waals surface area contributed by atoms with Gasteiger partial charge in [0.1, 0.15) is 6.61 Å². The van der Waals surface area contributed by atoms with Crippen LogP contribution in [-0.4, -0.2) is 38.4 Å². The normalized spacial score (nSPS) is 21.7. The maximum Gasteiger partial charge on any atom is 0.310 e. The number of hydrogen-bond acceptors (Lipinski definition) is 4. The molecule has 0 radical (unpaired) electrons. The summed E-state index contributed by atoms with van der Waals surface area (Å²) < 4.78 is 10.4. The highest BCUT2D eigenvalue weighted by atomic mass is 16.6. The van der Waals surface area contributed by atoms with Crippen LogP contribution in [0.4, 0.5) is 0 Å². The van der Waals surface area contributed by atoms with Gasteiger partial charge in [-0.05, 0) is 33.2 Å². The second kappa shape index (κ2) is 6.80. The van der Waals surface area contributed by atoms with Crippen molar-refractivity contribution in [2.24, 2.45) is 5.92 Å². The van der Waals surface area contributed by atoms with Crippen molar-refractivity contribution >= 4 is 5.97 Å². The van der Waals surface area contributed by atoms with Crippen molar-refractivity contribution in [3.8, 4) is 0 Å². The van der Waals surface area contributed by atoms with Gasteiger partial charge in [0, 0.05) is 6.54 Å². The lowest BCUT2D eigenvalue weighted by molar-refractivity contribution is -0.151. The van der Waals surface area contributed by atoms with Crippen LogP contribution in [0.5, 0.6) is 0 Å². The predicted octanol–water partition coefficient (Wildman–Crippen LogP) is 0.954. The quantitative estimate of drug-likeness (QED) is 0.548. The first-order valence-electron chi connectivity index (χ1n) is 5.69. The summed E-state index contributed by atoms with van der Waals surface area (Å²) in [5.41, 5.74) is 0. The number of ether oxygens (including phenoxy) is 2. The number of hydrogen-bond donors (Lipinski definition) is 1. The van der Waals surface area contributed by atoms with Gasteiger partial charge in [0.05, 0.1) is 18.6 Å². The summed E-state index contributed by atoms with van der Waals surface area (Å²) in [7, 11) is 0. The van der Waals surface area contributed by atoms with Gasteiger partial charge in [-0.2, -0.15) is 0 Å². The maximum atomic E-state index is 11.5. The van der Waals surface area contributed by atoms with Gasteiger partial charge in [-0.25, -0.2) is 0 Å². The zero-order valence-electron chi connectivity index (χ0n) is 9.62. The Morgan fingerprint density at radius 1 is 1.47 bits per heavy atom. The summed E-state index contributed by atoms with van der Waals surface area (Å²) in [4.78, 5) is 11.5. The van der Waals surface area contributed by atoms with Crippen LogP contribution in [0.1, 0.15) is 26.7 Å². The van der Waals surface area contributed by atoms with Gasteiger partial charge in [0.25, 0.3) is 0 Å². The van der Waals surface area contributed by atoms with Crippen molar-refractivity contribution in [2.75, 3.05) is 26.3 Å². The maximum absolute atomic E-state index is 11.5. The molecule has 4 nitrogen and oxygen atoms in total. The van der Waals surface area contributed by atoms with Crippen molar-refractivity contribution in [3.63, 3.8) is 0 Å². The van der Waals surface area contributed by atoms with E-state index in [0.29, 0.717) is 13.2 Å². The van der Waals surface area contributed by atoms with Crippen LogP contribution in [0.25, 0.3) is 0 Å². The molecule has 1 saturated heterocycles. The fourth-order valence-corrected chi connectivity index (χ4v) is 1.60. The van der Waals surface area contributed by atoms with E-state index in [1.54, 1.807) is 0 Å². The molecule has 1 heterocycles. The lowest BCUT2D eigenvalue weighted by Crippen LogP contribution is -2.35. The second-order valence-electron chi connectivity index (χ2n) is 4.13. The topological polar surface area (TPSA) is 47.6 Å². The molecule has 88 valence electrons. The van der Waals surface area contributed by atoms with Gasteiger partial charge in [-0.15, -0.1) is 0 Å². The Labute approximate surface area is 91.3 Å². The summed E-state index contributed by atoms with van der Waals surface area (Å²) in [6, 6.07) is 0. The summed E-state index contributed by atoms with van der Waals surface area (Å²) in [6.45, 7) is 6.56. The average Bonchev–Trinajstić information content (AvgIpc) is 2.25. The second-order valence-corrected chi connectivity index (χ2v) is 4.13. The zero-order valence-corrected chi connectivity index (χ0v) is 9.62.